The standard InChI is InChI=1S/C16H16BrFO2/c1-20-16-5-3-2-4-12(16)9-14(19)8-11-6-7-13(17)10-15(11)18/h2-7,10,14,19H,8-9H2,1H3. The molecule has 2 aromatic rings. The smallest absolute Gasteiger partial charge is 0.127 e. The Morgan fingerprint density at radius 1 is 1.15 bits per heavy atom. The van der Waals surface area contributed by atoms with Gasteiger partial charge in [-0.25, -0.2) is 4.39 Å². The van der Waals surface area contributed by atoms with Crippen LogP contribution in [-0.4, -0.2) is 18.3 Å². The van der Waals surface area contributed by atoms with Gasteiger partial charge < -0.3 is 9.84 Å². The fraction of sp³-hybridized carbons (Fsp3) is 0.250. The molecule has 0 saturated carbocycles. The highest BCUT2D eigenvalue weighted by molar-refractivity contribution is 9.10. The van der Waals surface area contributed by atoms with Crippen LogP contribution in [0, 0.1) is 5.82 Å². The van der Waals surface area contributed by atoms with E-state index in [2.05, 4.69) is 15.9 Å². The van der Waals surface area contributed by atoms with Crippen LogP contribution in [0.2, 0.25) is 0 Å². The minimum absolute atomic E-state index is 0.275. The third-order valence-corrected chi connectivity index (χ3v) is 3.61. The van der Waals surface area contributed by atoms with Crippen molar-refractivity contribution in [1.82, 2.24) is 0 Å². The first kappa shape index (κ1) is 15.0. The van der Waals surface area contributed by atoms with E-state index in [0.29, 0.717) is 16.5 Å². The van der Waals surface area contributed by atoms with Crippen LogP contribution in [0.25, 0.3) is 0 Å². The molecule has 4 heteroatoms. The molecule has 0 aliphatic rings. The Morgan fingerprint density at radius 3 is 2.55 bits per heavy atom. The van der Waals surface area contributed by atoms with Crippen molar-refractivity contribution in [3.63, 3.8) is 0 Å². The molecule has 1 unspecified atom stereocenters. The summed E-state index contributed by atoms with van der Waals surface area (Å²) in [6, 6.07) is 12.4. The lowest BCUT2D eigenvalue weighted by atomic mass is 10.0. The Morgan fingerprint density at radius 2 is 1.85 bits per heavy atom. The van der Waals surface area contributed by atoms with Crippen molar-refractivity contribution >= 4 is 15.9 Å². The van der Waals surface area contributed by atoms with Gasteiger partial charge in [-0.05, 0) is 29.3 Å². The lowest BCUT2D eigenvalue weighted by Gasteiger charge is -2.14. The summed E-state index contributed by atoms with van der Waals surface area (Å²) >= 11 is 3.22. The monoisotopic (exact) mass is 338 g/mol. The summed E-state index contributed by atoms with van der Waals surface area (Å²) in [7, 11) is 1.60. The summed E-state index contributed by atoms with van der Waals surface area (Å²) < 4.78 is 19.7. The van der Waals surface area contributed by atoms with Crippen LogP contribution in [0.1, 0.15) is 11.1 Å². The van der Waals surface area contributed by atoms with Gasteiger partial charge in [0.15, 0.2) is 0 Å². The molecule has 0 spiro atoms. The molecule has 1 atom stereocenters. The summed E-state index contributed by atoms with van der Waals surface area (Å²) in [5.74, 6) is 0.432. The molecular weight excluding hydrogens is 323 g/mol. The molecule has 0 heterocycles. The normalized spacial score (nSPS) is 12.2. The van der Waals surface area contributed by atoms with E-state index in [1.165, 1.54) is 6.07 Å². The van der Waals surface area contributed by atoms with Crippen LogP contribution in [0.3, 0.4) is 0 Å². The van der Waals surface area contributed by atoms with E-state index in [9.17, 15) is 9.50 Å². The summed E-state index contributed by atoms with van der Waals surface area (Å²) in [5, 5.41) is 10.1. The molecule has 0 saturated heterocycles. The van der Waals surface area contributed by atoms with Crippen molar-refractivity contribution in [2.24, 2.45) is 0 Å². The molecule has 106 valence electrons. The van der Waals surface area contributed by atoms with Gasteiger partial charge >= 0.3 is 0 Å². The number of aliphatic hydroxyl groups excluding tert-OH is 1. The van der Waals surface area contributed by atoms with Gasteiger partial charge in [-0.3, -0.25) is 0 Å². The average molecular weight is 339 g/mol. The molecule has 2 nitrogen and oxygen atoms in total. The summed E-state index contributed by atoms with van der Waals surface area (Å²) in [4.78, 5) is 0. The fourth-order valence-corrected chi connectivity index (χ4v) is 2.47. The van der Waals surface area contributed by atoms with E-state index in [4.69, 9.17) is 4.74 Å². The molecule has 0 aromatic heterocycles. The van der Waals surface area contributed by atoms with Crippen molar-refractivity contribution < 1.29 is 14.2 Å². The number of para-hydroxylation sites is 1. The van der Waals surface area contributed by atoms with Crippen LogP contribution in [0.15, 0.2) is 46.9 Å². The van der Waals surface area contributed by atoms with E-state index in [0.717, 1.165) is 11.3 Å². The second-order valence-corrected chi connectivity index (χ2v) is 5.53. The van der Waals surface area contributed by atoms with E-state index in [-0.39, 0.29) is 12.2 Å². The highest BCUT2D eigenvalue weighted by Gasteiger charge is 2.13. The highest BCUT2D eigenvalue weighted by Crippen LogP contribution is 2.21. The molecule has 0 fully saturated rings. The number of methoxy groups -OCH3 is 1. The molecular formula is C16H16BrFO2. The third kappa shape index (κ3) is 3.81. The Hall–Kier alpha value is -1.39. The molecule has 20 heavy (non-hydrogen) atoms. The van der Waals surface area contributed by atoms with Gasteiger partial charge in [-0.15, -0.1) is 0 Å². The predicted octanol–water partition coefficient (Wildman–Crippen LogP) is 3.74. The summed E-state index contributed by atoms with van der Waals surface area (Å²) in [5.41, 5.74) is 1.43. The zero-order valence-electron chi connectivity index (χ0n) is 11.1. The first-order valence-electron chi connectivity index (χ1n) is 6.34. The summed E-state index contributed by atoms with van der Waals surface area (Å²) in [6.07, 6.45) is 0.0541. The molecule has 2 aromatic carbocycles. The number of hydrogen-bond acceptors (Lipinski definition) is 2. The van der Waals surface area contributed by atoms with E-state index in [1.54, 1.807) is 19.2 Å². The van der Waals surface area contributed by atoms with Crippen LogP contribution >= 0.6 is 15.9 Å². The number of benzene rings is 2. The van der Waals surface area contributed by atoms with Gasteiger partial charge in [-0.1, -0.05) is 40.2 Å². The first-order chi connectivity index (χ1) is 9.60. The van der Waals surface area contributed by atoms with E-state index in [1.807, 2.05) is 24.3 Å². The third-order valence-electron chi connectivity index (χ3n) is 3.12. The van der Waals surface area contributed by atoms with Gasteiger partial charge in [0.05, 0.1) is 13.2 Å². The van der Waals surface area contributed by atoms with Gasteiger partial charge in [0.1, 0.15) is 11.6 Å². The van der Waals surface area contributed by atoms with Crippen LogP contribution in [-0.2, 0) is 12.8 Å². The number of hydrogen-bond donors (Lipinski definition) is 1. The first-order valence-corrected chi connectivity index (χ1v) is 7.13. The molecule has 0 bridgehead atoms. The van der Waals surface area contributed by atoms with Gasteiger partial charge in [0, 0.05) is 17.3 Å². The topological polar surface area (TPSA) is 29.5 Å². The lowest BCUT2D eigenvalue weighted by molar-refractivity contribution is 0.173. The fourth-order valence-electron chi connectivity index (χ4n) is 2.14. The minimum atomic E-state index is -0.651. The number of aliphatic hydroxyl groups is 1. The zero-order chi connectivity index (χ0) is 14.5. The van der Waals surface area contributed by atoms with Crippen LogP contribution in [0.5, 0.6) is 5.75 Å². The molecule has 0 aliphatic carbocycles. The van der Waals surface area contributed by atoms with Crippen molar-refractivity contribution in [2.75, 3.05) is 7.11 Å². The van der Waals surface area contributed by atoms with E-state index >= 15 is 0 Å². The van der Waals surface area contributed by atoms with Crippen molar-refractivity contribution in [3.05, 3.63) is 63.9 Å². The average Bonchev–Trinajstić information content (AvgIpc) is 2.42. The number of ether oxygens (including phenoxy) is 1. The lowest BCUT2D eigenvalue weighted by Crippen LogP contribution is -2.15. The number of rotatable bonds is 5. The van der Waals surface area contributed by atoms with Gasteiger partial charge in [0.25, 0.3) is 0 Å². The second-order valence-electron chi connectivity index (χ2n) is 4.61. The zero-order valence-corrected chi connectivity index (χ0v) is 12.7. The molecule has 0 amide bonds. The van der Waals surface area contributed by atoms with Crippen molar-refractivity contribution in [2.45, 2.75) is 18.9 Å². The van der Waals surface area contributed by atoms with Crippen LogP contribution < -0.4 is 4.74 Å². The maximum absolute atomic E-state index is 13.7. The maximum atomic E-state index is 13.7. The predicted molar refractivity (Wildman–Crippen MR) is 80.5 cm³/mol. The maximum Gasteiger partial charge on any atom is 0.127 e. The molecule has 1 N–H and O–H groups in total. The minimum Gasteiger partial charge on any atom is -0.496 e. The Labute approximate surface area is 126 Å². The Kier molecular flexibility index (Phi) is 5.15. The molecule has 2 rings (SSSR count). The summed E-state index contributed by atoms with van der Waals surface area (Å²) in [6.45, 7) is 0. The van der Waals surface area contributed by atoms with Crippen molar-refractivity contribution in [3.8, 4) is 5.75 Å². The quantitative estimate of drug-likeness (QED) is 0.899. The molecule has 0 radical (unpaired) electrons. The Bertz CT molecular complexity index is 586. The van der Waals surface area contributed by atoms with Crippen LogP contribution in [0.4, 0.5) is 4.39 Å². The largest absolute Gasteiger partial charge is 0.496 e. The second kappa shape index (κ2) is 6.86. The highest BCUT2D eigenvalue weighted by atomic mass is 79.9. The van der Waals surface area contributed by atoms with Crippen molar-refractivity contribution in [1.29, 1.82) is 0 Å². The van der Waals surface area contributed by atoms with Gasteiger partial charge in [-0.2, -0.15) is 0 Å². The SMILES string of the molecule is COc1ccccc1CC(O)Cc1ccc(Br)cc1F. The van der Waals surface area contributed by atoms with Gasteiger partial charge in [0.2, 0.25) is 0 Å². The van der Waals surface area contributed by atoms with E-state index < -0.39 is 6.10 Å². The Balaban J connectivity index is 2.07. The number of halogens is 2. The molecule has 0 aliphatic heterocycles.